The third kappa shape index (κ3) is 4.21. The van der Waals surface area contributed by atoms with E-state index in [0.717, 1.165) is 26.6 Å². The van der Waals surface area contributed by atoms with Crippen molar-refractivity contribution in [2.45, 2.75) is 0 Å². The molecule has 0 saturated heterocycles. The summed E-state index contributed by atoms with van der Waals surface area (Å²) >= 11 is 7.56. The summed E-state index contributed by atoms with van der Waals surface area (Å²) in [5.74, 6) is -1.10. The molecule has 0 aliphatic carbocycles. The number of rotatable bonds is 6. The van der Waals surface area contributed by atoms with Crippen molar-refractivity contribution >= 4 is 61.5 Å². The van der Waals surface area contributed by atoms with Gasteiger partial charge >= 0.3 is 5.97 Å². The molecule has 0 saturated carbocycles. The van der Waals surface area contributed by atoms with Gasteiger partial charge in [0.1, 0.15) is 6.54 Å². The predicted molar refractivity (Wildman–Crippen MR) is 126 cm³/mol. The Balaban J connectivity index is 1.39. The predicted octanol–water partition coefficient (Wildman–Crippen LogP) is 4.22. The van der Waals surface area contributed by atoms with Crippen LogP contribution in [0.3, 0.4) is 0 Å². The topological polar surface area (TPSA) is 122 Å². The fraction of sp³-hybridized carbons (Fsp3) is 0.0455. The van der Waals surface area contributed by atoms with E-state index < -0.39 is 18.4 Å². The molecule has 3 heterocycles. The van der Waals surface area contributed by atoms with Crippen LogP contribution in [0.25, 0.3) is 27.3 Å². The van der Waals surface area contributed by atoms with E-state index in [4.69, 9.17) is 16.7 Å². The second-order valence-corrected chi connectivity index (χ2v) is 8.52. The summed E-state index contributed by atoms with van der Waals surface area (Å²) < 4.78 is 2.69. The first kappa shape index (κ1) is 20.9. The Morgan fingerprint density at radius 3 is 2.70 bits per heavy atom. The summed E-state index contributed by atoms with van der Waals surface area (Å²) in [5.41, 5.74) is 3.11. The molecule has 1 amide bonds. The molecule has 164 valence electrons. The number of aromatic nitrogens is 4. The molecule has 0 fully saturated rings. The molecule has 5 aromatic rings. The Hall–Kier alpha value is -4.02. The van der Waals surface area contributed by atoms with Gasteiger partial charge < -0.3 is 15.7 Å². The van der Waals surface area contributed by atoms with E-state index in [0.29, 0.717) is 16.5 Å². The summed E-state index contributed by atoms with van der Waals surface area (Å²) in [5, 5.41) is 24.2. The molecule has 0 bridgehead atoms. The number of pyridine rings is 1. The summed E-state index contributed by atoms with van der Waals surface area (Å²) in [7, 11) is 0. The Kier molecular flexibility index (Phi) is 5.37. The Bertz CT molecular complexity index is 1510. The maximum atomic E-state index is 12.3. The highest BCUT2D eigenvalue weighted by atomic mass is 35.5. The normalized spacial score (nSPS) is 11.1. The van der Waals surface area contributed by atoms with Gasteiger partial charge in [0.2, 0.25) is 0 Å². The van der Waals surface area contributed by atoms with Gasteiger partial charge in [-0.05, 0) is 54.6 Å². The average Bonchev–Trinajstić information content (AvgIpc) is 3.41. The first-order chi connectivity index (χ1) is 16.0. The quantitative estimate of drug-likeness (QED) is 0.334. The molecular formula is C22H15ClN6O3S. The van der Waals surface area contributed by atoms with Crippen LogP contribution in [0.4, 0.5) is 10.8 Å². The minimum Gasteiger partial charge on any atom is -0.480 e. The highest BCUT2D eigenvalue weighted by Gasteiger charge is 2.16. The number of carboxylic acids is 1. The molecule has 33 heavy (non-hydrogen) atoms. The SMILES string of the molecule is O=C(O)CNC(=O)c1cccn2c(-c3ccc(Nc4nc5ccc(Cl)cc5s4)cc3)nnc12. The van der Waals surface area contributed by atoms with Crippen LogP contribution in [0, 0.1) is 0 Å². The van der Waals surface area contributed by atoms with Crippen molar-refractivity contribution in [3.63, 3.8) is 0 Å². The molecule has 0 unspecified atom stereocenters. The van der Waals surface area contributed by atoms with E-state index in [2.05, 4.69) is 25.8 Å². The largest absolute Gasteiger partial charge is 0.480 e. The molecule has 0 spiro atoms. The first-order valence-electron chi connectivity index (χ1n) is 9.75. The van der Waals surface area contributed by atoms with Gasteiger partial charge in [-0.3, -0.25) is 14.0 Å². The molecule has 5 rings (SSSR count). The number of benzene rings is 2. The lowest BCUT2D eigenvalue weighted by Crippen LogP contribution is -2.29. The van der Waals surface area contributed by atoms with Crippen LogP contribution in [0.15, 0.2) is 60.8 Å². The lowest BCUT2D eigenvalue weighted by Gasteiger charge is -2.06. The van der Waals surface area contributed by atoms with Crippen molar-refractivity contribution in [3.05, 3.63) is 71.4 Å². The van der Waals surface area contributed by atoms with E-state index in [1.54, 1.807) is 22.7 Å². The van der Waals surface area contributed by atoms with Crippen LogP contribution in [0.5, 0.6) is 0 Å². The number of thiazole rings is 1. The van der Waals surface area contributed by atoms with Crippen molar-refractivity contribution in [1.29, 1.82) is 0 Å². The summed E-state index contributed by atoms with van der Waals surface area (Å²) in [4.78, 5) is 27.6. The van der Waals surface area contributed by atoms with Crippen LogP contribution in [0.1, 0.15) is 10.4 Å². The maximum absolute atomic E-state index is 12.3. The standard InChI is InChI=1S/C22H15ClN6O3S/c23-13-5-8-16-17(10-13)33-22(26-16)25-14-6-3-12(4-7-14)19-27-28-20-15(2-1-9-29(19)20)21(32)24-11-18(30)31/h1-10H,11H2,(H,24,32)(H,25,26)(H,30,31). The van der Waals surface area contributed by atoms with Gasteiger partial charge in [-0.25, -0.2) is 4.98 Å². The molecule has 2 aromatic carbocycles. The van der Waals surface area contributed by atoms with E-state index >= 15 is 0 Å². The Labute approximate surface area is 195 Å². The lowest BCUT2D eigenvalue weighted by molar-refractivity contribution is -0.135. The number of carboxylic acid groups (broad SMARTS) is 1. The summed E-state index contributed by atoms with van der Waals surface area (Å²) in [6.45, 7) is -0.475. The monoisotopic (exact) mass is 478 g/mol. The molecule has 0 radical (unpaired) electrons. The van der Waals surface area contributed by atoms with Crippen LogP contribution in [-0.2, 0) is 4.79 Å². The van der Waals surface area contributed by atoms with Crippen molar-refractivity contribution in [3.8, 4) is 11.4 Å². The van der Waals surface area contributed by atoms with E-state index in [-0.39, 0.29) is 5.56 Å². The number of carbonyl (C=O) groups excluding carboxylic acids is 1. The number of carbonyl (C=O) groups is 2. The van der Waals surface area contributed by atoms with Gasteiger partial charge in [0, 0.05) is 22.5 Å². The second kappa shape index (κ2) is 8.49. The number of fused-ring (bicyclic) bond motifs is 2. The number of nitrogens with one attached hydrogen (secondary N) is 2. The molecule has 9 nitrogen and oxygen atoms in total. The van der Waals surface area contributed by atoms with Gasteiger partial charge in [0.25, 0.3) is 5.91 Å². The maximum Gasteiger partial charge on any atom is 0.322 e. The van der Waals surface area contributed by atoms with Crippen molar-refractivity contribution < 1.29 is 14.7 Å². The fourth-order valence-electron chi connectivity index (χ4n) is 3.32. The van der Waals surface area contributed by atoms with Gasteiger partial charge in [-0.15, -0.1) is 10.2 Å². The molecule has 3 aromatic heterocycles. The number of amides is 1. The third-order valence-electron chi connectivity index (χ3n) is 4.82. The zero-order valence-corrected chi connectivity index (χ0v) is 18.4. The highest BCUT2D eigenvalue weighted by molar-refractivity contribution is 7.22. The van der Waals surface area contributed by atoms with Crippen molar-refractivity contribution in [2.24, 2.45) is 0 Å². The number of hydrogen-bond acceptors (Lipinski definition) is 7. The van der Waals surface area contributed by atoms with Gasteiger partial charge in [0.15, 0.2) is 16.6 Å². The van der Waals surface area contributed by atoms with Crippen molar-refractivity contribution in [1.82, 2.24) is 24.9 Å². The summed E-state index contributed by atoms with van der Waals surface area (Å²) in [6.07, 6.45) is 1.75. The molecule has 0 atom stereocenters. The van der Waals surface area contributed by atoms with Crippen LogP contribution < -0.4 is 10.6 Å². The lowest BCUT2D eigenvalue weighted by atomic mass is 10.2. The molecule has 11 heteroatoms. The van der Waals surface area contributed by atoms with Crippen LogP contribution in [0.2, 0.25) is 5.02 Å². The minimum absolute atomic E-state index is 0.242. The third-order valence-corrected chi connectivity index (χ3v) is 5.99. The molecule has 0 aliphatic rings. The van der Waals surface area contributed by atoms with E-state index in [9.17, 15) is 9.59 Å². The average molecular weight is 479 g/mol. The molecule has 0 aliphatic heterocycles. The number of anilines is 2. The van der Waals surface area contributed by atoms with Gasteiger partial charge in [0.05, 0.1) is 15.8 Å². The number of nitrogens with zero attached hydrogens (tertiary/aromatic N) is 4. The Morgan fingerprint density at radius 1 is 1.09 bits per heavy atom. The second-order valence-electron chi connectivity index (χ2n) is 7.05. The van der Waals surface area contributed by atoms with Crippen molar-refractivity contribution in [2.75, 3.05) is 11.9 Å². The Morgan fingerprint density at radius 2 is 1.91 bits per heavy atom. The number of hydrogen-bond donors (Lipinski definition) is 3. The highest BCUT2D eigenvalue weighted by Crippen LogP contribution is 2.31. The zero-order chi connectivity index (χ0) is 22.9. The van der Waals surface area contributed by atoms with Gasteiger partial charge in [-0.2, -0.15) is 0 Å². The zero-order valence-electron chi connectivity index (χ0n) is 16.8. The van der Waals surface area contributed by atoms with E-state index in [1.807, 2.05) is 42.5 Å². The van der Waals surface area contributed by atoms with Gasteiger partial charge in [-0.1, -0.05) is 22.9 Å². The summed E-state index contributed by atoms with van der Waals surface area (Å²) in [6, 6.07) is 16.4. The molecule has 3 N–H and O–H groups in total. The minimum atomic E-state index is -1.12. The molecular weight excluding hydrogens is 464 g/mol. The van der Waals surface area contributed by atoms with Crippen LogP contribution >= 0.6 is 22.9 Å². The number of halogens is 1. The number of aliphatic carboxylic acids is 1. The van der Waals surface area contributed by atoms with Crippen LogP contribution in [-0.4, -0.2) is 43.1 Å². The fourth-order valence-corrected chi connectivity index (χ4v) is 4.48. The smallest absolute Gasteiger partial charge is 0.322 e. The van der Waals surface area contributed by atoms with E-state index in [1.165, 1.54) is 11.3 Å². The first-order valence-corrected chi connectivity index (χ1v) is 10.9.